The zero-order valence-electron chi connectivity index (χ0n) is 18.7. The van der Waals surface area contributed by atoms with E-state index in [0.717, 1.165) is 16.8 Å². The monoisotopic (exact) mass is 443 g/mol. The van der Waals surface area contributed by atoms with E-state index in [4.69, 9.17) is 25.7 Å². The van der Waals surface area contributed by atoms with E-state index in [1.54, 1.807) is 30.5 Å². The van der Waals surface area contributed by atoms with Gasteiger partial charge in [0.15, 0.2) is 17.3 Å². The maximum atomic E-state index is 13.7. The van der Waals surface area contributed by atoms with Gasteiger partial charge in [-0.3, -0.25) is 4.79 Å². The van der Waals surface area contributed by atoms with Gasteiger partial charge in [0.2, 0.25) is 5.75 Å². The van der Waals surface area contributed by atoms with E-state index in [0.29, 0.717) is 39.8 Å². The van der Waals surface area contributed by atoms with Crippen LogP contribution in [0.5, 0.6) is 17.2 Å². The summed E-state index contributed by atoms with van der Waals surface area (Å²) < 4.78 is 18.1. The van der Waals surface area contributed by atoms with Gasteiger partial charge in [0.25, 0.3) is 0 Å². The first-order valence-electron chi connectivity index (χ1n) is 10.2. The summed E-state index contributed by atoms with van der Waals surface area (Å²) in [5.41, 5.74) is 16.5. The van der Waals surface area contributed by atoms with Crippen LogP contribution in [0.1, 0.15) is 15.9 Å². The van der Waals surface area contributed by atoms with Crippen LogP contribution in [-0.4, -0.2) is 31.7 Å². The number of aromatic nitrogens is 1. The zero-order chi connectivity index (χ0) is 23.5. The highest BCUT2D eigenvalue weighted by atomic mass is 16.5. The fraction of sp³-hybridized carbons (Fsp3) is 0.115. The van der Waals surface area contributed by atoms with E-state index in [-0.39, 0.29) is 5.78 Å². The van der Waals surface area contributed by atoms with Crippen molar-refractivity contribution >= 4 is 17.2 Å². The van der Waals surface area contributed by atoms with Crippen LogP contribution in [0.4, 0.5) is 11.4 Å². The molecule has 7 nitrogen and oxygen atoms in total. The first-order valence-corrected chi connectivity index (χ1v) is 10.2. The second-order valence-corrected chi connectivity index (χ2v) is 7.45. The molecule has 4 N–H and O–H groups in total. The maximum Gasteiger partial charge on any atom is 0.203 e. The highest BCUT2D eigenvalue weighted by Gasteiger charge is 2.22. The molecular weight excluding hydrogens is 418 g/mol. The summed E-state index contributed by atoms with van der Waals surface area (Å²) in [6.07, 6.45) is 3.71. The van der Waals surface area contributed by atoms with Gasteiger partial charge < -0.3 is 30.2 Å². The van der Waals surface area contributed by atoms with E-state index < -0.39 is 0 Å². The smallest absolute Gasteiger partial charge is 0.203 e. The number of rotatable bonds is 7. The number of benzene rings is 3. The standard InChI is InChI=1S/C26H25N3O4/c1-31-23-11-17(12-24(32-2)26(23)33-3)25(30)22-15-29(20-6-4-5-19(28)13-20)14-21(22)16-7-9-18(27)10-8-16/h4-15H,27-28H2,1-3H3. The van der Waals surface area contributed by atoms with Gasteiger partial charge >= 0.3 is 0 Å². The lowest BCUT2D eigenvalue weighted by Crippen LogP contribution is -2.05. The number of nitrogen functional groups attached to an aromatic ring is 2. The van der Waals surface area contributed by atoms with Gasteiger partial charge in [0.05, 0.1) is 21.3 Å². The van der Waals surface area contributed by atoms with E-state index in [9.17, 15) is 4.79 Å². The fourth-order valence-electron chi connectivity index (χ4n) is 3.73. The van der Waals surface area contributed by atoms with Crippen LogP contribution < -0.4 is 25.7 Å². The molecule has 0 unspecified atom stereocenters. The van der Waals surface area contributed by atoms with Crippen molar-refractivity contribution < 1.29 is 19.0 Å². The zero-order valence-corrected chi connectivity index (χ0v) is 18.7. The van der Waals surface area contributed by atoms with Crippen molar-refractivity contribution in [2.45, 2.75) is 0 Å². The van der Waals surface area contributed by atoms with Crippen molar-refractivity contribution in [1.82, 2.24) is 4.57 Å². The molecule has 0 amide bonds. The Kier molecular flexibility index (Phi) is 5.95. The number of methoxy groups -OCH3 is 3. The minimum absolute atomic E-state index is 0.191. The molecule has 0 radical (unpaired) electrons. The number of carbonyl (C=O) groups is 1. The summed E-state index contributed by atoms with van der Waals surface area (Å²) in [6, 6.07) is 18.1. The van der Waals surface area contributed by atoms with Crippen molar-refractivity contribution in [3.63, 3.8) is 0 Å². The molecule has 0 fully saturated rings. The average Bonchev–Trinajstić information content (AvgIpc) is 3.28. The van der Waals surface area contributed by atoms with Crippen LogP contribution in [0.25, 0.3) is 16.8 Å². The number of carbonyl (C=O) groups excluding carboxylic acids is 1. The SMILES string of the molecule is COc1cc(C(=O)c2cn(-c3cccc(N)c3)cc2-c2ccc(N)cc2)cc(OC)c1OC. The lowest BCUT2D eigenvalue weighted by molar-refractivity contribution is 0.103. The molecule has 0 saturated heterocycles. The predicted molar refractivity (Wildman–Crippen MR) is 130 cm³/mol. The van der Waals surface area contributed by atoms with Gasteiger partial charge in [0.1, 0.15) is 0 Å². The van der Waals surface area contributed by atoms with E-state index in [1.807, 2.05) is 47.2 Å². The molecule has 1 heterocycles. The molecule has 4 aromatic rings. The minimum atomic E-state index is -0.191. The lowest BCUT2D eigenvalue weighted by Gasteiger charge is -2.14. The number of ketones is 1. The summed E-state index contributed by atoms with van der Waals surface area (Å²) in [4.78, 5) is 13.7. The highest BCUT2D eigenvalue weighted by molar-refractivity contribution is 6.13. The van der Waals surface area contributed by atoms with E-state index >= 15 is 0 Å². The molecule has 33 heavy (non-hydrogen) atoms. The molecule has 0 bridgehead atoms. The van der Waals surface area contributed by atoms with E-state index in [2.05, 4.69) is 0 Å². The lowest BCUT2D eigenvalue weighted by atomic mass is 9.97. The number of nitrogens with zero attached hydrogens (tertiary/aromatic N) is 1. The van der Waals surface area contributed by atoms with Gasteiger partial charge in [-0.2, -0.15) is 0 Å². The molecule has 168 valence electrons. The van der Waals surface area contributed by atoms with Crippen LogP contribution in [0.3, 0.4) is 0 Å². The van der Waals surface area contributed by atoms with Crippen molar-refractivity contribution in [2.75, 3.05) is 32.8 Å². The fourth-order valence-corrected chi connectivity index (χ4v) is 3.73. The summed E-state index contributed by atoms with van der Waals surface area (Å²) in [7, 11) is 4.55. The third-order valence-electron chi connectivity index (χ3n) is 5.39. The topological polar surface area (TPSA) is 102 Å². The van der Waals surface area contributed by atoms with Crippen LogP contribution in [0, 0.1) is 0 Å². The summed E-state index contributed by atoms with van der Waals surface area (Å²) in [6.45, 7) is 0. The molecule has 0 atom stereocenters. The first-order chi connectivity index (χ1) is 15.9. The molecule has 0 spiro atoms. The van der Waals surface area contributed by atoms with Crippen molar-refractivity contribution in [2.24, 2.45) is 0 Å². The number of ether oxygens (including phenoxy) is 3. The largest absolute Gasteiger partial charge is 0.493 e. The third-order valence-corrected chi connectivity index (χ3v) is 5.39. The molecule has 7 heteroatoms. The molecule has 0 aliphatic rings. The van der Waals surface area contributed by atoms with E-state index in [1.165, 1.54) is 21.3 Å². The number of hydrogen-bond donors (Lipinski definition) is 2. The number of nitrogens with two attached hydrogens (primary N) is 2. The quantitative estimate of drug-likeness (QED) is 0.321. The van der Waals surface area contributed by atoms with Gasteiger partial charge in [-0.05, 0) is 48.0 Å². The summed E-state index contributed by atoms with van der Waals surface area (Å²) in [5.74, 6) is 1.05. The average molecular weight is 444 g/mol. The highest BCUT2D eigenvalue weighted by Crippen LogP contribution is 2.39. The Morgan fingerprint density at radius 2 is 1.45 bits per heavy atom. The Morgan fingerprint density at radius 3 is 2.03 bits per heavy atom. The van der Waals surface area contributed by atoms with Gasteiger partial charge in [0, 0.05) is 46.1 Å². The minimum Gasteiger partial charge on any atom is -0.493 e. The second kappa shape index (κ2) is 9.00. The molecule has 3 aromatic carbocycles. The normalized spacial score (nSPS) is 10.6. The predicted octanol–water partition coefficient (Wildman–Crippen LogP) is 4.57. The summed E-state index contributed by atoms with van der Waals surface area (Å²) >= 11 is 0. The first kappa shape index (κ1) is 21.8. The molecule has 0 aliphatic heterocycles. The Balaban J connectivity index is 1.89. The number of anilines is 2. The van der Waals surface area contributed by atoms with Gasteiger partial charge in [-0.1, -0.05) is 18.2 Å². The molecule has 4 rings (SSSR count). The van der Waals surface area contributed by atoms with Crippen LogP contribution in [0.2, 0.25) is 0 Å². The van der Waals surface area contributed by atoms with Crippen LogP contribution in [-0.2, 0) is 0 Å². The Hall–Kier alpha value is -4.39. The Morgan fingerprint density at radius 1 is 0.788 bits per heavy atom. The van der Waals surface area contributed by atoms with Gasteiger partial charge in [-0.25, -0.2) is 0 Å². The van der Waals surface area contributed by atoms with Gasteiger partial charge in [-0.15, -0.1) is 0 Å². The maximum absolute atomic E-state index is 13.7. The van der Waals surface area contributed by atoms with Crippen LogP contribution >= 0.6 is 0 Å². The van der Waals surface area contributed by atoms with Crippen LogP contribution in [0.15, 0.2) is 73.1 Å². The Bertz CT molecular complexity index is 1280. The van der Waals surface area contributed by atoms with Crippen molar-refractivity contribution in [1.29, 1.82) is 0 Å². The summed E-state index contributed by atoms with van der Waals surface area (Å²) in [5, 5.41) is 0. The molecule has 1 aromatic heterocycles. The number of hydrogen-bond acceptors (Lipinski definition) is 6. The molecule has 0 saturated carbocycles. The van der Waals surface area contributed by atoms with Crippen molar-refractivity contribution in [3.8, 4) is 34.1 Å². The second-order valence-electron chi connectivity index (χ2n) is 7.45. The Labute approximate surface area is 192 Å². The molecule has 0 aliphatic carbocycles. The third kappa shape index (κ3) is 4.21. The molecular formula is C26H25N3O4. The van der Waals surface area contributed by atoms with Crippen molar-refractivity contribution in [3.05, 3.63) is 84.2 Å².